The van der Waals surface area contributed by atoms with Crippen molar-refractivity contribution in [1.82, 2.24) is 0 Å². The number of hydrogen-bond donors (Lipinski definition) is 0. The third-order valence-electron chi connectivity index (χ3n) is 3.35. The van der Waals surface area contributed by atoms with Gasteiger partial charge in [0.1, 0.15) is 6.29 Å². The summed E-state index contributed by atoms with van der Waals surface area (Å²) in [7, 11) is 0. The van der Waals surface area contributed by atoms with Crippen LogP contribution in [0.4, 0.5) is 5.69 Å². The van der Waals surface area contributed by atoms with Crippen molar-refractivity contribution in [3.8, 4) is 0 Å². The molecule has 0 spiro atoms. The van der Waals surface area contributed by atoms with Crippen LogP contribution < -0.4 is 4.90 Å². The van der Waals surface area contributed by atoms with Gasteiger partial charge in [-0.25, -0.2) is 0 Å². The maximum absolute atomic E-state index is 10.6. The minimum atomic E-state index is 0.781. The molecule has 2 heteroatoms. The molecule has 1 aliphatic carbocycles. The highest BCUT2D eigenvalue weighted by Crippen LogP contribution is 2.46. The molecule has 72 valence electrons. The summed E-state index contributed by atoms with van der Waals surface area (Å²) < 4.78 is 0. The Morgan fingerprint density at radius 1 is 1.29 bits per heavy atom. The van der Waals surface area contributed by atoms with E-state index in [1.54, 1.807) is 0 Å². The first kappa shape index (κ1) is 8.04. The average molecular weight is 187 g/mol. The van der Waals surface area contributed by atoms with Gasteiger partial charge in [-0.2, -0.15) is 0 Å². The lowest BCUT2D eigenvalue weighted by molar-refractivity contribution is 0.112. The lowest BCUT2D eigenvalue weighted by Gasteiger charge is -2.20. The average Bonchev–Trinajstić information content (AvgIpc) is 2.86. The molecule has 1 aromatic carbocycles. The van der Waals surface area contributed by atoms with Crippen LogP contribution in [0.15, 0.2) is 24.3 Å². The van der Waals surface area contributed by atoms with Gasteiger partial charge in [0.15, 0.2) is 0 Å². The van der Waals surface area contributed by atoms with Crippen LogP contribution in [0.3, 0.4) is 0 Å². The fourth-order valence-electron chi connectivity index (χ4n) is 2.40. The molecule has 0 N–H and O–H groups in total. The lowest BCUT2D eigenvalue weighted by atomic mass is 10.2. The van der Waals surface area contributed by atoms with E-state index in [2.05, 4.69) is 11.0 Å². The number of rotatable bonds is 2. The van der Waals surface area contributed by atoms with Gasteiger partial charge in [0.05, 0.1) is 0 Å². The fraction of sp³-hybridized carbons (Fsp3) is 0.417. The lowest BCUT2D eigenvalue weighted by Crippen LogP contribution is -2.21. The maximum atomic E-state index is 10.6. The smallest absolute Gasteiger partial charge is 0.150 e. The van der Waals surface area contributed by atoms with Gasteiger partial charge in [-0.05, 0) is 30.4 Å². The number of benzene rings is 1. The van der Waals surface area contributed by atoms with Gasteiger partial charge >= 0.3 is 0 Å². The maximum Gasteiger partial charge on any atom is 0.150 e. The molecule has 1 heterocycles. The van der Waals surface area contributed by atoms with Crippen molar-refractivity contribution < 1.29 is 4.79 Å². The van der Waals surface area contributed by atoms with Crippen LogP contribution in [0.5, 0.6) is 0 Å². The Labute approximate surface area is 83.5 Å². The second-order valence-electron chi connectivity index (χ2n) is 4.37. The predicted molar refractivity (Wildman–Crippen MR) is 55.6 cm³/mol. The summed E-state index contributed by atoms with van der Waals surface area (Å²) in [5, 5.41) is 0. The number of fused-ring (bicyclic) bond motifs is 1. The van der Waals surface area contributed by atoms with Gasteiger partial charge < -0.3 is 4.90 Å². The normalized spacial score (nSPS) is 28.7. The number of piperidine rings is 1. The van der Waals surface area contributed by atoms with Gasteiger partial charge in [-0.1, -0.05) is 12.1 Å². The largest absolute Gasteiger partial charge is 0.371 e. The van der Waals surface area contributed by atoms with Gasteiger partial charge in [-0.3, -0.25) is 4.79 Å². The molecule has 1 saturated heterocycles. The zero-order valence-electron chi connectivity index (χ0n) is 8.02. The summed E-state index contributed by atoms with van der Waals surface area (Å²) in [6, 6.07) is 7.89. The van der Waals surface area contributed by atoms with Gasteiger partial charge in [0.25, 0.3) is 0 Å². The van der Waals surface area contributed by atoms with E-state index >= 15 is 0 Å². The molecule has 2 nitrogen and oxygen atoms in total. The molecular weight excluding hydrogens is 174 g/mol. The molecule has 1 saturated carbocycles. The molecule has 1 aliphatic heterocycles. The van der Waals surface area contributed by atoms with Crippen molar-refractivity contribution in [3.63, 3.8) is 0 Å². The van der Waals surface area contributed by atoms with E-state index < -0.39 is 0 Å². The second-order valence-corrected chi connectivity index (χ2v) is 4.37. The van der Waals surface area contributed by atoms with Crippen LogP contribution in [0.25, 0.3) is 0 Å². The predicted octanol–water partition coefficient (Wildman–Crippen LogP) is 1.96. The van der Waals surface area contributed by atoms with Gasteiger partial charge in [0, 0.05) is 24.3 Å². The summed E-state index contributed by atoms with van der Waals surface area (Å²) in [6.45, 7) is 2.37. The first-order valence-electron chi connectivity index (χ1n) is 5.17. The molecule has 2 fully saturated rings. The molecular formula is C12H13NO. The van der Waals surface area contributed by atoms with Crippen LogP contribution in [0.1, 0.15) is 16.8 Å². The molecule has 0 aromatic heterocycles. The highest BCUT2D eigenvalue weighted by Gasteiger charge is 2.44. The van der Waals surface area contributed by atoms with Crippen LogP contribution in [0.2, 0.25) is 0 Å². The van der Waals surface area contributed by atoms with Crippen LogP contribution in [-0.2, 0) is 0 Å². The van der Waals surface area contributed by atoms with Gasteiger partial charge in [0.2, 0.25) is 0 Å². The standard InChI is InChI=1S/C12H13NO/c14-8-9-2-1-3-12(4-9)13-6-10-5-11(10)7-13/h1-4,8,10-11H,5-7H2. The van der Waals surface area contributed by atoms with Crippen LogP contribution in [-0.4, -0.2) is 19.4 Å². The van der Waals surface area contributed by atoms with Gasteiger partial charge in [-0.15, -0.1) is 0 Å². The van der Waals surface area contributed by atoms with E-state index in [9.17, 15) is 4.79 Å². The van der Waals surface area contributed by atoms with Crippen molar-refractivity contribution >= 4 is 12.0 Å². The summed E-state index contributed by atoms with van der Waals surface area (Å²) >= 11 is 0. The number of nitrogens with zero attached hydrogens (tertiary/aromatic N) is 1. The van der Waals surface area contributed by atoms with Crippen LogP contribution >= 0.6 is 0 Å². The molecule has 0 radical (unpaired) electrons. The summed E-state index contributed by atoms with van der Waals surface area (Å²) in [4.78, 5) is 13.0. The monoisotopic (exact) mass is 187 g/mol. The van der Waals surface area contributed by atoms with Crippen molar-refractivity contribution in [1.29, 1.82) is 0 Å². The Morgan fingerprint density at radius 2 is 2.07 bits per heavy atom. The third-order valence-corrected chi connectivity index (χ3v) is 3.35. The number of carbonyl (C=O) groups excluding carboxylic acids is 1. The molecule has 2 atom stereocenters. The number of anilines is 1. The molecule has 14 heavy (non-hydrogen) atoms. The Bertz CT molecular complexity index is 364. The summed E-state index contributed by atoms with van der Waals surface area (Å²) in [5.41, 5.74) is 1.99. The number of aldehydes is 1. The van der Waals surface area contributed by atoms with Crippen molar-refractivity contribution in [3.05, 3.63) is 29.8 Å². The first-order valence-corrected chi connectivity index (χ1v) is 5.17. The van der Waals surface area contributed by atoms with E-state index in [-0.39, 0.29) is 0 Å². The Hall–Kier alpha value is -1.31. The third kappa shape index (κ3) is 1.22. The minimum absolute atomic E-state index is 0.781. The Morgan fingerprint density at radius 3 is 2.79 bits per heavy atom. The molecule has 0 amide bonds. The second kappa shape index (κ2) is 2.84. The Balaban J connectivity index is 1.85. The fourth-order valence-corrected chi connectivity index (χ4v) is 2.40. The first-order chi connectivity index (χ1) is 6.86. The van der Waals surface area contributed by atoms with Crippen LogP contribution in [0, 0.1) is 11.8 Å². The number of hydrogen-bond acceptors (Lipinski definition) is 2. The number of carbonyl (C=O) groups is 1. The van der Waals surface area contributed by atoms with Crippen molar-refractivity contribution in [2.45, 2.75) is 6.42 Å². The van der Waals surface area contributed by atoms with Crippen molar-refractivity contribution in [2.75, 3.05) is 18.0 Å². The topological polar surface area (TPSA) is 20.3 Å². The minimum Gasteiger partial charge on any atom is -0.371 e. The zero-order chi connectivity index (χ0) is 9.54. The van der Waals surface area contributed by atoms with Crippen molar-refractivity contribution in [2.24, 2.45) is 11.8 Å². The van der Waals surface area contributed by atoms with E-state index in [1.807, 2.05) is 18.2 Å². The quantitative estimate of drug-likeness (QED) is 0.660. The summed E-state index contributed by atoms with van der Waals surface area (Å²) in [5.74, 6) is 1.88. The highest BCUT2D eigenvalue weighted by atomic mass is 16.1. The summed E-state index contributed by atoms with van der Waals surface area (Å²) in [6.07, 6.45) is 2.34. The molecule has 0 bridgehead atoms. The van der Waals surface area contributed by atoms with E-state index in [4.69, 9.17) is 0 Å². The van der Waals surface area contributed by atoms with E-state index in [1.165, 1.54) is 25.2 Å². The molecule has 1 aromatic rings. The molecule has 2 unspecified atom stereocenters. The molecule has 2 aliphatic rings. The Kier molecular flexibility index (Phi) is 1.63. The highest BCUT2D eigenvalue weighted by molar-refractivity contribution is 5.77. The zero-order valence-corrected chi connectivity index (χ0v) is 8.02. The van der Waals surface area contributed by atoms with E-state index in [0.29, 0.717) is 0 Å². The SMILES string of the molecule is O=Cc1cccc(N2CC3CC3C2)c1. The van der Waals surface area contributed by atoms with E-state index in [0.717, 1.165) is 23.7 Å². The molecule has 3 rings (SSSR count).